The zero-order valence-corrected chi connectivity index (χ0v) is 14.3. The number of rotatable bonds is 3. The second-order valence-corrected chi connectivity index (χ2v) is 7.26. The van der Waals surface area contributed by atoms with Crippen molar-refractivity contribution in [2.75, 3.05) is 39.5 Å². The van der Waals surface area contributed by atoms with Gasteiger partial charge in [0.05, 0.1) is 31.9 Å². The number of carbonyl (C=O) groups is 1. The molecule has 3 fully saturated rings. The zero-order valence-electron chi connectivity index (χ0n) is 14.3. The highest BCUT2D eigenvalue weighted by Crippen LogP contribution is 2.36. The van der Waals surface area contributed by atoms with Gasteiger partial charge in [0.2, 0.25) is 0 Å². The summed E-state index contributed by atoms with van der Waals surface area (Å²) in [6.45, 7) is 5.49. The Kier molecular flexibility index (Phi) is 4.56. The maximum Gasteiger partial charge on any atom is 0.251 e. The molecule has 3 aliphatic heterocycles. The number of hydroxylamine groups is 2. The van der Waals surface area contributed by atoms with E-state index in [1.54, 1.807) is 5.06 Å². The molecule has 3 aliphatic rings. The van der Waals surface area contributed by atoms with E-state index in [2.05, 4.69) is 16.2 Å². The smallest absolute Gasteiger partial charge is 0.251 e. The molecular formula is C17H26N4O3. The minimum absolute atomic E-state index is 0.0688. The molecule has 1 amide bonds. The second kappa shape index (κ2) is 6.82. The lowest BCUT2D eigenvalue weighted by Crippen LogP contribution is -2.47. The number of hydrogen-bond acceptors (Lipinski definition) is 5. The van der Waals surface area contributed by atoms with Crippen molar-refractivity contribution in [2.45, 2.75) is 19.4 Å². The van der Waals surface area contributed by atoms with Crippen LogP contribution in [0, 0.1) is 17.8 Å². The number of hydrogen-bond donors (Lipinski definition) is 0. The highest BCUT2D eigenvalue weighted by Gasteiger charge is 2.45. The van der Waals surface area contributed by atoms with Crippen molar-refractivity contribution < 1.29 is 14.4 Å². The molecule has 3 atom stereocenters. The minimum Gasteiger partial charge on any atom is -0.380 e. The van der Waals surface area contributed by atoms with E-state index in [1.165, 1.54) is 5.56 Å². The first-order chi connectivity index (χ1) is 11.7. The third-order valence-corrected chi connectivity index (χ3v) is 5.44. The summed E-state index contributed by atoms with van der Waals surface area (Å²) in [4.78, 5) is 20.9. The topological polar surface area (TPSA) is 59.8 Å². The third-order valence-electron chi connectivity index (χ3n) is 5.44. The first-order valence-electron chi connectivity index (χ1n) is 8.92. The van der Waals surface area contributed by atoms with Crippen molar-refractivity contribution in [3.63, 3.8) is 0 Å². The third kappa shape index (κ3) is 3.20. The maximum atomic E-state index is 12.9. The molecule has 7 nitrogen and oxygen atoms in total. The van der Waals surface area contributed by atoms with E-state index in [0.29, 0.717) is 31.6 Å². The van der Waals surface area contributed by atoms with Crippen molar-refractivity contribution in [1.29, 1.82) is 0 Å². The lowest BCUT2D eigenvalue weighted by molar-refractivity contribution is -0.207. The van der Waals surface area contributed by atoms with Crippen LogP contribution < -0.4 is 0 Å². The summed E-state index contributed by atoms with van der Waals surface area (Å²) in [6.07, 6.45) is 6.04. The summed E-state index contributed by atoms with van der Waals surface area (Å²) >= 11 is 0. The first kappa shape index (κ1) is 16.1. The molecule has 0 aromatic carbocycles. The number of aryl methyl sites for hydroxylation is 1. The van der Waals surface area contributed by atoms with Crippen molar-refractivity contribution in [1.82, 2.24) is 19.7 Å². The molecule has 0 bridgehead atoms. The Balaban J connectivity index is 1.41. The Morgan fingerprint density at radius 2 is 2.25 bits per heavy atom. The van der Waals surface area contributed by atoms with E-state index < -0.39 is 0 Å². The summed E-state index contributed by atoms with van der Waals surface area (Å²) < 4.78 is 7.60. The van der Waals surface area contributed by atoms with E-state index in [1.807, 2.05) is 17.9 Å². The SMILES string of the molecule is Cn1cc(CN2C[C@@H]3COC[C@@H](C(=O)N4CCCCO4)[C@@H]3C2)cn1. The number of carbonyl (C=O) groups excluding carboxylic acids is 1. The van der Waals surface area contributed by atoms with Gasteiger partial charge in [0, 0.05) is 45.0 Å². The molecule has 0 N–H and O–H groups in total. The molecule has 7 heteroatoms. The van der Waals surface area contributed by atoms with Crippen molar-refractivity contribution in [3.05, 3.63) is 18.0 Å². The molecule has 1 aromatic heterocycles. The number of fused-ring (bicyclic) bond motifs is 1. The van der Waals surface area contributed by atoms with Gasteiger partial charge in [-0.15, -0.1) is 0 Å². The van der Waals surface area contributed by atoms with Gasteiger partial charge in [0.1, 0.15) is 0 Å². The fourth-order valence-electron chi connectivity index (χ4n) is 4.24. The van der Waals surface area contributed by atoms with Gasteiger partial charge in [-0.1, -0.05) is 0 Å². The highest BCUT2D eigenvalue weighted by atomic mass is 16.7. The normalized spacial score (nSPS) is 31.2. The van der Waals surface area contributed by atoms with Crippen molar-refractivity contribution >= 4 is 5.91 Å². The van der Waals surface area contributed by atoms with Crippen LogP contribution in [0.2, 0.25) is 0 Å². The van der Waals surface area contributed by atoms with Gasteiger partial charge < -0.3 is 4.74 Å². The van der Waals surface area contributed by atoms with Crippen molar-refractivity contribution in [3.8, 4) is 0 Å². The minimum atomic E-state index is -0.0688. The zero-order chi connectivity index (χ0) is 16.5. The summed E-state index contributed by atoms with van der Waals surface area (Å²) in [6, 6.07) is 0. The second-order valence-electron chi connectivity index (χ2n) is 7.26. The molecule has 0 aliphatic carbocycles. The van der Waals surface area contributed by atoms with Crippen molar-refractivity contribution in [2.24, 2.45) is 24.8 Å². The van der Waals surface area contributed by atoms with Crippen LogP contribution in [0.5, 0.6) is 0 Å². The Labute approximate surface area is 142 Å². The summed E-state index contributed by atoms with van der Waals surface area (Å²) in [5.74, 6) is 0.857. The molecule has 0 spiro atoms. The first-order valence-corrected chi connectivity index (χ1v) is 8.92. The molecule has 24 heavy (non-hydrogen) atoms. The van der Waals surface area contributed by atoms with Crippen LogP contribution in [0.25, 0.3) is 0 Å². The number of amides is 1. The van der Waals surface area contributed by atoms with Crippen LogP contribution in [0.15, 0.2) is 12.4 Å². The predicted molar refractivity (Wildman–Crippen MR) is 86.7 cm³/mol. The molecule has 3 saturated heterocycles. The molecule has 132 valence electrons. The Morgan fingerprint density at radius 3 is 3.00 bits per heavy atom. The summed E-state index contributed by atoms with van der Waals surface area (Å²) in [5, 5.41) is 5.83. The molecule has 0 radical (unpaired) electrons. The Morgan fingerprint density at radius 1 is 1.33 bits per heavy atom. The number of aromatic nitrogens is 2. The molecule has 4 heterocycles. The predicted octanol–water partition coefficient (Wildman–Crippen LogP) is 0.669. The number of ether oxygens (including phenoxy) is 1. The van der Waals surface area contributed by atoms with Gasteiger partial charge in [-0.05, 0) is 24.7 Å². The monoisotopic (exact) mass is 334 g/mol. The molecule has 4 rings (SSSR count). The fraction of sp³-hybridized carbons (Fsp3) is 0.765. The van der Waals surface area contributed by atoms with Crippen LogP contribution in [0.4, 0.5) is 0 Å². The van der Waals surface area contributed by atoms with Gasteiger partial charge in [-0.2, -0.15) is 5.10 Å². The largest absolute Gasteiger partial charge is 0.380 e. The highest BCUT2D eigenvalue weighted by molar-refractivity contribution is 5.78. The van der Waals surface area contributed by atoms with Gasteiger partial charge in [0.15, 0.2) is 0 Å². The number of nitrogens with zero attached hydrogens (tertiary/aromatic N) is 4. The lowest BCUT2D eigenvalue weighted by Gasteiger charge is -2.36. The number of likely N-dealkylation sites (tertiary alicyclic amines) is 1. The molecular weight excluding hydrogens is 308 g/mol. The summed E-state index contributed by atoms with van der Waals surface area (Å²) in [7, 11) is 1.94. The summed E-state index contributed by atoms with van der Waals surface area (Å²) in [5.41, 5.74) is 1.22. The van der Waals surface area contributed by atoms with Gasteiger partial charge >= 0.3 is 0 Å². The van der Waals surface area contributed by atoms with E-state index in [0.717, 1.165) is 39.1 Å². The van der Waals surface area contributed by atoms with Gasteiger partial charge in [0.25, 0.3) is 5.91 Å². The average Bonchev–Trinajstić information content (AvgIpc) is 3.20. The fourth-order valence-corrected chi connectivity index (χ4v) is 4.24. The Hall–Kier alpha value is -1.44. The van der Waals surface area contributed by atoms with Crippen LogP contribution in [0.1, 0.15) is 18.4 Å². The quantitative estimate of drug-likeness (QED) is 0.813. The van der Waals surface area contributed by atoms with Gasteiger partial charge in [-0.25, -0.2) is 5.06 Å². The maximum absolute atomic E-state index is 12.9. The van der Waals surface area contributed by atoms with E-state index in [-0.39, 0.29) is 11.8 Å². The molecule has 0 saturated carbocycles. The molecule has 1 aromatic rings. The standard InChI is InChI=1S/C17H26N4O3/c1-19-7-13(6-18-19)8-20-9-14-11-23-12-16(15(14)10-20)17(22)21-4-2-3-5-24-21/h6-7,14-16H,2-5,8-12H2,1H3/t14-,15-,16-/m1/s1. The van der Waals surface area contributed by atoms with Gasteiger partial charge in [-0.3, -0.25) is 19.2 Å². The van der Waals surface area contributed by atoms with Crippen LogP contribution >= 0.6 is 0 Å². The average molecular weight is 334 g/mol. The van der Waals surface area contributed by atoms with E-state index >= 15 is 0 Å². The molecule has 0 unspecified atom stereocenters. The van der Waals surface area contributed by atoms with Crippen LogP contribution in [0.3, 0.4) is 0 Å². The van der Waals surface area contributed by atoms with E-state index in [4.69, 9.17) is 9.57 Å². The lowest BCUT2D eigenvalue weighted by atomic mass is 9.82. The van der Waals surface area contributed by atoms with Crippen LogP contribution in [-0.2, 0) is 28.0 Å². The van der Waals surface area contributed by atoms with Crippen LogP contribution in [-0.4, -0.2) is 65.1 Å². The Bertz CT molecular complexity index is 584. The van der Waals surface area contributed by atoms with E-state index in [9.17, 15) is 4.79 Å².